The minimum Gasteiger partial charge on any atom is -0.624 e. The van der Waals surface area contributed by atoms with E-state index >= 15 is 0 Å². The fraction of sp³-hybridized carbons (Fsp3) is 0.778. The monoisotopic (exact) mass is 185 g/mol. The molecule has 74 valence electrons. The molecule has 0 aliphatic carbocycles. The van der Waals surface area contributed by atoms with E-state index in [9.17, 15) is 10.0 Å². The Hall–Kier alpha value is -1.06. The second-order valence-electron chi connectivity index (χ2n) is 3.85. The summed E-state index contributed by atoms with van der Waals surface area (Å²) in [6.07, 6.45) is 1.94. The molecule has 0 aromatic rings. The van der Waals surface area contributed by atoms with Gasteiger partial charge in [0, 0.05) is 20.3 Å². The van der Waals surface area contributed by atoms with Gasteiger partial charge in [0.25, 0.3) is 0 Å². The first kappa shape index (κ1) is 10.0. The molecule has 0 fully saturated rings. The smallest absolute Gasteiger partial charge is 0.319 e. The third kappa shape index (κ3) is 1.99. The van der Waals surface area contributed by atoms with Crippen LogP contribution in [0.15, 0.2) is 0 Å². The molecular weight excluding hydrogens is 170 g/mol. The maximum Gasteiger partial charge on any atom is 0.319 e. The molecule has 0 N–H and O–H groups in total. The number of hydroxylamine groups is 1. The molecule has 0 saturated heterocycles. The van der Waals surface area contributed by atoms with Gasteiger partial charge < -0.3 is 9.94 Å². The van der Waals surface area contributed by atoms with Crippen LogP contribution in [-0.2, 0) is 9.53 Å². The highest BCUT2D eigenvalue weighted by Crippen LogP contribution is 2.25. The Bertz CT molecular complexity index is 245. The van der Waals surface area contributed by atoms with Gasteiger partial charge >= 0.3 is 5.97 Å². The molecule has 1 aliphatic rings. The molecule has 1 atom stereocenters. The summed E-state index contributed by atoms with van der Waals surface area (Å²) in [6, 6.07) is 0. The van der Waals surface area contributed by atoms with Gasteiger partial charge in [0.1, 0.15) is 5.92 Å². The van der Waals surface area contributed by atoms with E-state index in [1.54, 1.807) is 6.92 Å². The van der Waals surface area contributed by atoms with Gasteiger partial charge in [-0.3, -0.25) is 4.79 Å². The zero-order valence-electron chi connectivity index (χ0n) is 8.24. The van der Waals surface area contributed by atoms with Crippen LogP contribution in [0.5, 0.6) is 0 Å². The molecule has 0 spiro atoms. The molecule has 4 nitrogen and oxygen atoms in total. The standard InChI is InChI=1S/C9H15NO3/c1-4-13-8(11)7-5-9(2,3)10(12)6-7/h6-7H,4-5H2,1-3H3. The number of carbonyl (C=O) groups excluding carboxylic acids is 1. The van der Waals surface area contributed by atoms with Crippen molar-refractivity contribution in [2.24, 2.45) is 5.92 Å². The van der Waals surface area contributed by atoms with Crippen LogP contribution in [0.4, 0.5) is 0 Å². The summed E-state index contributed by atoms with van der Waals surface area (Å²) in [5.41, 5.74) is -0.475. The lowest BCUT2D eigenvalue weighted by atomic mass is 9.96. The lowest BCUT2D eigenvalue weighted by molar-refractivity contribution is -0.527. The Morgan fingerprint density at radius 3 is 2.77 bits per heavy atom. The summed E-state index contributed by atoms with van der Waals surface area (Å²) < 4.78 is 5.67. The summed E-state index contributed by atoms with van der Waals surface area (Å²) in [6.45, 7) is 5.75. The van der Waals surface area contributed by atoms with E-state index in [1.165, 1.54) is 6.21 Å². The topological polar surface area (TPSA) is 52.4 Å². The minimum atomic E-state index is -0.475. The molecule has 0 amide bonds. The van der Waals surface area contributed by atoms with E-state index < -0.39 is 5.54 Å². The third-order valence-corrected chi connectivity index (χ3v) is 2.22. The second-order valence-corrected chi connectivity index (χ2v) is 3.85. The first-order valence-corrected chi connectivity index (χ1v) is 4.45. The van der Waals surface area contributed by atoms with Crippen molar-refractivity contribution in [1.82, 2.24) is 0 Å². The van der Waals surface area contributed by atoms with Crippen LogP contribution in [0.25, 0.3) is 0 Å². The molecule has 1 rings (SSSR count). The Labute approximate surface area is 77.8 Å². The van der Waals surface area contributed by atoms with E-state index in [4.69, 9.17) is 4.74 Å². The second kappa shape index (κ2) is 3.36. The van der Waals surface area contributed by atoms with Gasteiger partial charge in [0.05, 0.1) is 6.61 Å². The number of ether oxygens (including phenoxy) is 1. The highest BCUT2D eigenvalue weighted by atomic mass is 16.5. The van der Waals surface area contributed by atoms with Crippen LogP contribution in [0.1, 0.15) is 27.2 Å². The van der Waals surface area contributed by atoms with E-state index in [1.807, 2.05) is 13.8 Å². The third-order valence-electron chi connectivity index (χ3n) is 2.22. The quantitative estimate of drug-likeness (QED) is 0.365. The van der Waals surface area contributed by atoms with Crippen molar-refractivity contribution in [3.63, 3.8) is 0 Å². The Morgan fingerprint density at radius 2 is 2.38 bits per heavy atom. The van der Waals surface area contributed by atoms with E-state index in [0.29, 0.717) is 13.0 Å². The zero-order valence-corrected chi connectivity index (χ0v) is 8.24. The van der Waals surface area contributed by atoms with Crippen LogP contribution >= 0.6 is 0 Å². The van der Waals surface area contributed by atoms with Gasteiger partial charge in [-0.25, -0.2) is 4.74 Å². The number of hydrogen-bond donors (Lipinski definition) is 0. The first-order valence-electron chi connectivity index (χ1n) is 4.45. The Kier molecular flexibility index (Phi) is 2.59. The van der Waals surface area contributed by atoms with E-state index in [-0.39, 0.29) is 11.9 Å². The lowest BCUT2D eigenvalue weighted by Gasteiger charge is -2.17. The van der Waals surface area contributed by atoms with E-state index in [2.05, 4.69) is 0 Å². The molecule has 0 aromatic heterocycles. The zero-order chi connectivity index (χ0) is 10.1. The molecule has 1 aliphatic heterocycles. The van der Waals surface area contributed by atoms with Gasteiger partial charge in [0.2, 0.25) is 0 Å². The van der Waals surface area contributed by atoms with Gasteiger partial charge in [-0.05, 0) is 6.92 Å². The number of carbonyl (C=O) groups is 1. The van der Waals surface area contributed by atoms with Crippen molar-refractivity contribution in [3.05, 3.63) is 5.21 Å². The Morgan fingerprint density at radius 1 is 1.77 bits per heavy atom. The molecule has 1 heterocycles. The lowest BCUT2D eigenvalue weighted by Crippen LogP contribution is -2.28. The summed E-state index contributed by atoms with van der Waals surface area (Å²) in [5.74, 6) is -0.665. The van der Waals surface area contributed by atoms with Crippen LogP contribution in [0, 0.1) is 11.1 Å². The van der Waals surface area contributed by atoms with Gasteiger partial charge in [-0.1, -0.05) is 0 Å². The predicted octanol–water partition coefficient (Wildman–Crippen LogP) is 0.929. The highest BCUT2D eigenvalue weighted by Gasteiger charge is 2.41. The average molecular weight is 185 g/mol. The van der Waals surface area contributed by atoms with Crippen LogP contribution in [-0.4, -0.2) is 29.1 Å². The van der Waals surface area contributed by atoms with E-state index in [0.717, 1.165) is 4.74 Å². The molecular formula is C9H15NO3. The minimum absolute atomic E-state index is 0.297. The maximum atomic E-state index is 11.3. The fourth-order valence-corrected chi connectivity index (χ4v) is 1.44. The van der Waals surface area contributed by atoms with Crippen molar-refractivity contribution in [2.45, 2.75) is 32.7 Å². The number of hydrogen-bond acceptors (Lipinski definition) is 3. The molecule has 0 bridgehead atoms. The first-order chi connectivity index (χ1) is 5.97. The van der Waals surface area contributed by atoms with Gasteiger partial charge in [0.15, 0.2) is 11.8 Å². The summed E-state index contributed by atoms with van der Waals surface area (Å²) in [4.78, 5) is 11.3. The number of esters is 1. The molecule has 1 unspecified atom stereocenters. The maximum absolute atomic E-state index is 11.3. The highest BCUT2D eigenvalue weighted by molar-refractivity contribution is 5.89. The SMILES string of the molecule is CCOC(=O)C1C=[N+]([O-])C(C)(C)C1. The number of rotatable bonds is 2. The van der Waals surface area contributed by atoms with Gasteiger partial charge in [-0.2, -0.15) is 0 Å². The normalized spacial score (nSPS) is 25.5. The average Bonchev–Trinajstić information content (AvgIpc) is 2.27. The molecule has 0 aromatic carbocycles. The summed E-state index contributed by atoms with van der Waals surface area (Å²) in [7, 11) is 0. The Balaban J connectivity index is 2.64. The van der Waals surface area contributed by atoms with Crippen molar-refractivity contribution >= 4 is 12.2 Å². The van der Waals surface area contributed by atoms with Crippen LogP contribution in [0.3, 0.4) is 0 Å². The predicted molar refractivity (Wildman–Crippen MR) is 48.5 cm³/mol. The molecule has 0 saturated carbocycles. The van der Waals surface area contributed by atoms with Crippen molar-refractivity contribution in [1.29, 1.82) is 0 Å². The summed E-state index contributed by atoms with van der Waals surface area (Å²) >= 11 is 0. The molecule has 13 heavy (non-hydrogen) atoms. The van der Waals surface area contributed by atoms with Crippen molar-refractivity contribution in [3.8, 4) is 0 Å². The van der Waals surface area contributed by atoms with Crippen molar-refractivity contribution in [2.75, 3.05) is 6.61 Å². The number of nitrogens with zero attached hydrogens (tertiary/aromatic N) is 1. The van der Waals surface area contributed by atoms with Gasteiger partial charge in [-0.15, -0.1) is 0 Å². The molecule has 4 heteroatoms. The van der Waals surface area contributed by atoms with Crippen LogP contribution < -0.4 is 0 Å². The fourth-order valence-electron chi connectivity index (χ4n) is 1.44. The largest absolute Gasteiger partial charge is 0.624 e. The van der Waals surface area contributed by atoms with Crippen LogP contribution in [0.2, 0.25) is 0 Å². The molecule has 0 radical (unpaired) electrons. The van der Waals surface area contributed by atoms with Crippen molar-refractivity contribution < 1.29 is 14.3 Å². The summed E-state index contributed by atoms with van der Waals surface area (Å²) in [5, 5.41) is 11.3.